The summed E-state index contributed by atoms with van der Waals surface area (Å²) in [6, 6.07) is 0. The molecule has 1 amide bonds. The summed E-state index contributed by atoms with van der Waals surface area (Å²) in [4.78, 5) is 14.6. The standard InChI is InChI=1S/C23H39NO7/c1-21(2,3)31-20(26)24-10-7-17-15-23(29-13-14-30-23)9-8-22(17,16-24)18(25)5-6-19-27-11-4-12-28-19/h17-19,25H,4-16H2,1-3H3/t17-,18+,22-/m0/s1. The smallest absolute Gasteiger partial charge is 0.410 e. The van der Waals surface area contributed by atoms with Gasteiger partial charge in [0.25, 0.3) is 0 Å². The number of carbonyl (C=O) groups is 1. The zero-order valence-electron chi connectivity index (χ0n) is 19.3. The third kappa shape index (κ3) is 5.19. The topological polar surface area (TPSA) is 86.7 Å². The number of carbonyl (C=O) groups excluding carboxylic acids is 1. The number of fused-ring (bicyclic) bond motifs is 1. The molecule has 8 nitrogen and oxygen atoms in total. The summed E-state index contributed by atoms with van der Waals surface area (Å²) in [5.74, 6) is -0.293. The molecule has 3 saturated heterocycles. The monoisotopic (exact) mass is 441 g/mol. The van der Waals surface area contributed by atoms with E-state index in [1.54, 1.807) is 4.90 Å². The molecule has 3 atom stereocenters. The van der Waals surface area contributed by atoms with E-state index in [4.69, 9.17) is 23.7 Å². The number of rotatable bonds is 4. The Morgan fingerprint density at radius 2 is 1.87 bits per heavy atom. The van der Waals surface area contributed by atoms with Crippen molar-refractivity contribution < 1.29 is 33.6 Å². The molecule has 4 fully saturated rings. The normalized spacial score (nSPS) is 32.6. The van der Waals surface area contributed by atoms with E-state index in [-0.39, 0.29) is 18.3 Å². The highest BCUT2D eigenvalue weighted by Gasteiger charge is 2.57. The lowest BCUT2D eigenvalue weighted by atomic mass is 9.58. The first-order chi connectivity index (χ1) is 14.7. The average Bonchev–Trinajstić information content (AvgIpc) is 3.19. The second-order valence-electron chi connectivity index (χ2n) is 10.6. The van der Waals surface area contributed by atoms with Crippen molar-refractivity contribution in [2.75, 3.05) is 39.5 Å². The molecular weight excluding hydrogens is 402 g/mol. The maximum atomic E-state index is 12.8. The van der Waals surface area contributed by atoms with Gasteiger partial charge in [-0.1, -0.05) is 0 Å². The average molecular weight is 442 g/mol. The molecule has 0 bridgehead atoms. The quantitative estimate of drug-likeness (QED) is 0.717. The second kappa shape index (κ2) is 9.14. The van der Waals surface area contributed by atoms with Gasteiger partial charge >= 0.3 is 6.09 Å². The number of aliphatic hydroxyl groups is 1. The van der Waals surface area contributed by atoms with Crippen molar-refractivity contribution in [2.45, 2.75) is 89.5 Å². The van der Waals surface area contributed by atoms with Crippen LogP contribution in [0.4, 0.5) is 4.79 Å². The number of nitrogens with zero attached hydrogens (tertiary/aromatic N) is 1. The molecule has 0 radical (unpaired) electrons. The van der Waals surface area contributed by atoms with Crippen LogP contribution in [0.2, 0.25) is 0 Å². The van der Waals surface area contributed by atoms with Crippen LogP contribution in [-0.4, -0.2) is 79.4 Å². The van der Waals surface area contributed by atoms with Crippen molar-refractivity contribution in [3.8, 4) is 0 Å². The van der Waals surface area contributed by atoms with Gasteiger partial charge in [-0.3, -0.25) is 0 Å². The van der Waals surface area contributed by atoms with Crippen LogP contribution in [0.15, 0.2) is 0 Å². The van der Waals surface area contributed by atoms with E-state index in [2.05, 4.69) is 0 Å². The number of piperidine rings is 1. The van der Waals surface area contributed by atoms with Crippen molar-refractivity contribution in [1.82, 2.24) is 4.90 Å². The Balaban J connectivity index is 1.48. The number of hydrogen-bond acceptors (Lipinski definition) is 7. The summed E-state index contributed by atoms with van der Waals surface area (Å²) in [6.45, 7) is 9.43. The van der Waals surface area contributed by atoms with Crippen molar-refractivity contribution in [3.63, 3.8) is 0 Å². The molecule has 178 valence electrons. The SMILES string of the molecule is CC(C)(C)OC(=O)N1CC[C@H]2CC3(CC[C@]2([C@H](O)CCC2OCCCO2)C1)OCCO3. The van der Waals surface area contributed by atoms with E-state index < -0.39 is 22.9 Å². The third-order valence-electron chi connectivity index (χ3n) is 7.28. The molecule has 3 heterocycles. The molecular formula is C23H39NO7. The molecule has 4 rings (SSSR count). The number of likely N-dealkylation sites (tertiary alicyclic amines) is 1. The van der Waals surface area contributed by atoms with Gasteiger partial charge in [0.15, 0.2) is 12.1 Å². The summed E-state index contributed by atoms with van der Waals surface area (Å²) in [6.07, 6.45) is 4.10. The van der Waals surface area contributed by atoms with Gasteiger partial charge in [-0.05, 0) is 52.4 Å². The van der Waals surface area contributed by atoms with Gasteiger partial charge in [0.1, 0.15) is 5.60 Å². The van der Waals surface area contributed by atoms with Crippen molar-refractivity contribution >= 4 is 6.09 Å². The summed E-state index contributed by atoms with van der Waals surface area (Å²) in [7, 11) is 0. The number of amides is 1. The van der Waals surface area contributed by atoms with Crippen LogP contribution in [0, 0.1) is 11.3 Å². The first kappa shape index (κ1) is 23.2. The van der Waals surface area contributed by atoms with Crippen LogP contribution in [0.3, 0.4) is 0 Å². The second-order valence-corrected chi connectivity index (χ2v) is 10.6. The molecule has 1 aliphatic carbocycles. The highest BCUT2D eigenvalue weighted by molar-refractivity contribution is 5.68. The van der Waals surface area contributed by atoms with Crippen LogP contribution < -0.4 is 0 Å². The van der Waals surface area contributed by atoms with Crippen molar-refractivity contribution in [3.05, 3.63) is 0 Å². The Morgan fingerprint density at radius 1 is 1.16 bits per heavy atom. The summed E-state index contributed by atoms with van der Waals surface area (Å²) in [5, 5.41) is 11.5. The first-order valence-corrected chi connectivity index (χ1v) is 11.9. The predicted molar refractivity (Wildman–Crippen MR) is 112 cm³/mol. The van der Waals surface area contributed by atoms with Crippen LogP contribution in [-0.2, 0) is 23.7 Å². The highest BCUT2D eigenvalue weighted by atomic mass is 16.7. The zero-order chi connectivity index (χ0) is 22.1. The van der Waals surface area contributed by atoms with Gasteiger partial charge in [-0.25, -0.2) is 4.79 Å². The van der Waals surface area contributed by atoms with Crippen molar-refractivity contribution in [2.24, 2.45) is 11.3 Å². The van der Waals surface area contributed by atoms with E-state index in [0.29, 0.717) is 52.4 Å². The van der Waals surface area contributed by atoms with E-state index >= 15 is 0 Å². The maximum absolute atomic E-state index is 12.8. The fraction of sp³-hybridized carbons (Fsp3) is 0.957. The maximum Gasteiger partial charge on any atom is 0.410 e. The van der Waals surface area contributed by atoms with E-state index in [9.17, 15) is 9.90 Å². The largest absolute Gasteiger partial charge is 0.444 e. The lowest BCUT2D eigenvalue weighted by molar-refractivity contribution is -0.232. The van der Waals surface area contributed by atoms with Crippen molar-refractivity contribution in [1.29, 1.82) is 0 Å². The Kier molecular flexibility index (Phi) is 6.85. The van der Waals surface area contributed by atoms with Gasteiger partial charge in [-0.15, -0.1) is 0 Å². The van der Waals surface area contributed by atoms with Crippen LogP contribution in [0.1, 0.15) is 65.7 Å². The first-order valence-electron chi connectivity index (χ1n) is 11.9. The Labute approximate surface area is 185 Å². The zero-order valence-corrected chi connectivity index (χ0v) is 19.3. The number of ether oxygens (including phenoxy) is 5. The Bertz CT molecular complexity index is 624. The lowest BCUT2D eigenvalue weighted by Gasteiger charge is -2.56. The third-order valence-corrected chi connectivity index (χ3v) is 7.28. The minimum absolute atomic E-state index is 0.223. The summed E-state index contributed by atoms with van der Waals surface area (Å²) < 4.78 is 29.0. The molecule has 0 aromatic rings. The fourth-order valence-electron chi connectivity index (χ4n) is 5.72. The molecule has 1 saturated carbocycles. The summed E-state index contributed by atoms with van der Waals surface area (Å²) >= 11 is 0. The van der Waals surface area contributed by atoms with Gasteiger partial charge in [-0.2, -0.15) is 0 Å². The minimum Gasteiger partial charge on any atom is -0.444 e. The molecule has 31 heavy (non-hydrogen) atoms. The molecule has 1 N–H and O–H groups in total. The predicted octanol–water partition coefficient (Wildman–Crippen LogP) is 3.06. The highest BCUT2D eigenvalue weighted by Crippen LogP contribution is 2.54. The van der Waals surface area contributed by atoms with Gasteiger partial charge in [0, 0.05) is 37.8 Å². The molecule has 0 aromatic heterocycles. The van der Waals surface area contributed by atoms with Gasteiger partial charge in [0.2, 0.25) is 0 Å². The fourth-order valence-corrected chi connectivity index (χ4v) is 5.72. The molecule has 3 aliphatic heterocycles. The molecule has 0 unspecified atom stereocenters. The van der Waals surface area contributed by atoms with Crippen LogP contribution in [0.5, 0.6) is 0 Å². The minimum atomic E-state index is -0.560. The number of aliphatic hydroxyl groups excluding tert-OH is 1. The molecule has 1 spiro atoms. The Hall–Kier alpha value is -0.930. The van der Waals surface area contributed by atoms with E-state index in [1.807, 2.05) is 20.8 Å². The van der Waals surface area contributed by atoms with E-state index in [0.717, 1.165) is 32.1 Å². The van der Waals surface area contributed by atoms with Gasteiger partial charge in [0.05, 0.1) is 32.5 Å². The Morgan fingerprint density at radius 3 is 2.55 bits per heavy atom. The van der Waals surface area contributed by atoms with Crippen LogP contribution >= 0.6 is 0 Å². The summed E-state index contributed by atoms with van der Waals surface area (Å²) in [5.41, 5.74) is -0.943. The molecule has 8 heteroatoms. The molecule has 0 aromatic carbocycles. The number of hydrogen-bond donors (Lipinski definition) is 1. The van der Waals surface area contributed by atoms with E-state index in [1.165, 1.54) is 0 Å². The van der Waals surface area contributed by atoms with Crippen LogP contribution in [0.25, 0.3) is 0 Å². The lowest BCUT2D eigenvalue weighted by Crippen LogP contribution is -2.61. The van der Waals surface area contributed by atoms with Gasteiger partial charge < -0.3 is 33.7 Å². The molecule has 4 aliphatic rings.